The van der Waals surface area contributed by atoms with Crippen molar-refractivity contribution in [2.24, 2.45) is 0 Å². The summed E-state index contributed by atoms with van der Waals surface area (Å²) in [6.45, 7) is 8.36. The standard InChI is InChI=1S/C9H19NO.C5H10/c1-8(2)6-5-7-9(3,4)10(8)11;1-2-4-5-3-1/h11H,5-7H2,1-4H3;1-5H2. The van der Waals surface area contributed by atoms with Crippen molar-refractivity contribution in [2.45, 2.75) is 90.1 Å². The molecule has 1 saturated carbocycles. The molecule has 1 N–H and O–H groups in total. The maximum atomic E-state index is 9.80. The van der Waals surface area contributed by atoms with E-state index in [-0.39, 0.29) is 11.1 Å². The van der Waals surface area contributed by atoms with E-state index in [4.69, 9.17) is 0 Å². The molecular formula is C14H29NO. The molecule has 0 aromatic rings. The fourth-order valence-electron chi connectivity index (χ4n) is 2.87. The summed E-state index contributed by atoms with van der Waals surface area (Å²) in [5, 5.41) is 11.3. The van der Waals surface area contributed by atoms with Gasteiger partial charge in [0.15, 0.2) is 0 Å². The first-order valence-electron chi connectivity index (χ1n) is 6.85. The lowest BCUT2D eigenvalue weighted by atomic mass is 9.82. The highest BCUT2D eigenvalue weighted by atomic mass is 16.5. The molecule has 1 saturated heterocycles. The molecule has 1 aliphatic heterocycles. The van der Waals surface area contributed by atoms with Crippen LogP contribution in [-0.4, -0.2) is 21.3 Å². The Morgan fingerprint density at radius 3 is 1.25 bits per heavy atom. The second kappa shape index (κ2) is 5.50. The molecule has 2 aliphatic rings. The Bertz CT molecular complexity index is 183. The Hall–Kier alpha value is -0.0800. The third kappa shape index (κ3) is 3.74. The minimum absolute atomic E-state index is 0.0399. The Kier molecular flexibility index (Phi) is 4.81. The van der Waals surface area contributed by atoms with Crippen LogP contribution in [0.4, 0.5) is 0 Å². The van der Waals surface area contributed by atoms with E-state index in [0.29, 0.717) is 0 Å². The van der Waals surface area contributed by atoms with Crippen molar-refractivity contribution in [3.05, 3.63) is 0 Å². The minimum Gasteiger partial charge on any atom is -0.313 e. The molecule has 2 fully saturated rings. The zero-order valence-corrected chi connectivity index (χ0v) is 11.6. The second-order valence-electron chi connectivity index (χ2n) is 6.56. The van der Waals surface area contributed by atoms with Gasteiger partial charge in [-0.25, -0.2) is 0 Å². The van der Waals surface area contributed by atoms with Crippen LogP contribution in [0.5, 0.6) is 0 Å². The first-order valence-corrected chi connectivity index (χ1v) is 6.85. The smallest absolute Gasteiger partial charge is 0.0410 e. The van der Waals surface area contributed by atoms with Gasteiger partial charge in [0.05, 0.1) is 0 Å². The molecule has 1 heterocycles. The van der Waals surface area contributed by atoms with E-state index in [1.165, 1.54) is 43.6 Å². The number of hydrogen-bond donors (Lipinski definition) is 1. The van der Waals surface area contributed by atoms with Crippen LogP contribution in [-0.2, 0) is 0 Å². The largest absolute Gasteiger partial charge is 0.313 e. The van der Waals surface area contributed by atoms with Crippen LogP contribution >= 0.6 is 0 Å². The van der Waals surface area contributed by atoms with Crippen molar-refractivity contribution in [3.63, 3.8) is 0 Å². The molecule has 0 spiro atoms. The molecule has 0 radical (unpaired) electrons. The van der Waals surface area contributed by atoms with Gasteiger partial charge in [-0.2, -0.15) is 5.06 Å². The van der Waals surface area contributed by atoms with Crippen molar-refractivity contribution in [3.8, 4) is 0 Å². The molecule has 2 heteroatoms. The summed E-state index contributed by atoms with van der Waals surface area (Å²) in [6.07, 6.45) is 10.9. The van der Waals surface area contributed by atoms with Crippen molar-refractivity contribution >= 4 is 0 Å². The van der Waals surface area contributed by atoms with E-state index in [2.05, 4.69) is 27.7 Å². The van der Waals surface area contributed by atoms with Gasteiger partial charge in [0.2, 0.25) is 0 Å². The van der Waals surface area contributed by atoms with Crippen molar-refractivity contribution < 1.29 is 5.21 Å². The minimum atomic E-state index is -0.0399. The Morgan fingerprint density at radius 2 is 1.00 bits per heavy atom. The summed E-state index contributed by atoms with van der Waals surface area (Å²) in [5.74, 6) is 0. The van der Waals surface area contributed by atoms with Gasteiger partial charge in [0.25, 0.3) is 0 Å². The maximum absolute atomic E-state index is 9.80. The summed E-state index contributed by atoms with van der Waals surface area (Å²) >= 11 is 0. The average Bonchev–Trinajstić information content (AvgIpc) is 2.71. The van der Waals surface area contributed by atoms with Gasteiger partial charge in [-0.1, -0.05) is 32.1 Å². The maximum Gasteiger partial charge on any atom is 0.0410 e. The van der Waals surface area contributed by atoms with E-state index < -0.39 is 0 Å². The molecule has 2 rings (SSSR count). The third-order valence-corrected chi connectivity index (χ3v) is 3.97. The summed E-state index contributed by atoms with van der Waals surface area (Å²) in [4.78, 5) is 0. The quantitative estimate of drug-likeness (QED) is 0.664. The lowest BCUT2D eigenvalue weighted by Gasteiger charge is -2.48. The summed E-state index contributed by atoms with van der Waals surface area (Å²) in [7, 11) is 0. The molecule has 2 nitrogen and oxygen atoms in total. The predicted molar refractivity (Wildman–Crippen MR) is 68.7 cm³/mol. The molecule has 96 valence electrons. The van der Waals surface area contributed by atoms with Gasteiger partial charge in [-0.05, 0) is 47.0 Å². The molecule has 1 aliphatic carbocycles. The fourth-order valence-corrected chi connectivity index (χ4v) is 2.87. The third-order valence-electron chi connectivity index (χ3n) is 3.97. The highest BCUT2D eigenvalue weighted by Crippen LogP contribution is 2.35. The molecule has 0 amide bonds. The molecule has 0 aromatic carbocycles. The van der Waals surface area contributed by atoms with Crippen LogP contribution in [0.15, 0.2) is 0 Å². The van der Waals surface area contributed by atoms with Gasteiger partial charge in [-0.15, -0.1) is 0 Å². The van der Waals surface area contributed by atoms with Crippen LogP contribution in [0.25, 0.3) is 0 Å². The van der Waals surface area contributed by atoms with E-state index in [9.17, 15) is 5.21 Å². The van der Waals surface area contributed by atoms with Crippen LogP contribution in [0.3, 0.4) is 0 Å². The van der Waals surface area contributed by atoms with Crippen LogP contribution in [0.2, 0.25) is 0 Å². The van der Waals surface area contributed by atoms with E-state index in [1.807, 2.05) is 0 Å². The SMILES string of the molecule is C1CCCC1.CC1(C)CCCC(C)(C)N1O. The Balaban J connectivity index is 0.000000212. The van der Waals surface area contributed by atoms with Crippen molar-refractivity contribution in [2.75, 3.05) is 0 Å². The fraction of sp³-hybridized carbons (Fsp3) is 1.00. The van der Waals surface area contributed by atoms with Gasteiger partial charge in [0.1, 0.15) is 0 Å². The lowest BCUT2D eigenvalue weighted by molar-refractivity contribution is -0.241. The molecule has 0 unspecified atom stereocenters. The van der Waals surface area contributed by atoms with Crippen molar-refractivity contribution in [1.82, 2.24) is 5.06 Å². The normalized spacial score (nSPS) is 28.3. The summed E-state index contributed by atoms with van der Waals surface area (Å²) < 4.78 is 0. The van der Waals surface area contributed by atoms with Crippen LogP contribution in [0.1, 0.15) is 79.1 Å². The predicted octanol–water partition coefficient (Wildman–Crippen LogP) is 4.37. The van der Waals surface area contributed by atoms with E-state index in [0.717, 1.165) is 12.8 Å². The number of nitrogens with zero attached hydrogens (tertiary/aromatic N) is 1. The zero-order chi connectivity index (χ0) is 12.2. The van der Waals surface area contributed by atoms with Crippen molar-refractivity contribution in [1.29, 1.82) is 0 Å². The van der Waals surface area contributed by atoms with Crippen LogP contribution < -0.4 is 0 Å². The first-order chi connectivity index (χ1) is 7.36. The van der Waals surface area contributed by atoms with E-state index >= 15 is 0 Å². The molecule has 0 aromatic heterocycles. The van der Waals surface area contributed by atoms with Gasteiger partial charge in [-0.3, -0.25) is 0 Å². The Morgan fingerprint density at radius 1 is 0.688 bits per heavy atom. The highest BCUT2D eigenvalue weighted by Gasteiger charge is 2.40. The van der Waals surface area contributed by atoms with E-state index in [1.54, 1.807) is 0 Å². The summed E-state index contributed by atoms with van der Waals surface area (Å²) in [5.41, 5.74) is -0.0799. The van der Waals surface area contributed by atoms with Crippen LogP contribution in [0, 0.1) is 0 Å². The highest BCUT2D eigenvalue weighted by molar-refractivity contribution is 4.91. The average molecular weight is 227 g/mol. The number of hydroxylamine groups is 2. The number of piperidine rings is 1. The molecule has 0 atom stereocenters. The zero-order valence-electron chi connectivity index (χ0n) is 11.6. The molecular weight excluding hydrogens is 198 g/mol. The van der Waals surface area contributed by atoms with Gasteiger partial charge < -0.3 is 5.21 Å². The monoisotopic (exact) mass is 227 g/mol. The second-order valence-corrected chi connectivity index (χ2v) is 6.56. The lowest BCUT2D eigenvalue weighted by Crippen LogP contribution is -2.56. The first kappa shape index (κ1) is 14.0. The Labute approximate surface area is 101 Å². The summed E-state index contributed by atoms with van der Waals surface area (Å²) in [6, 6.07) is 0. The topological polar surface area (TPSA) is 23.5 Å². The van der Waals surface area contributed by atoms with Gasteiger partial charge in [0, 0.05) is 11.1 Å². The number of hydrogen-bond acceptors (Lipinski definition) is 2. The molecule has 0 bridgehead atoms. The molecule has 16 heavy (non-hydrogen) atoms. The van der Waals surface area contributed by atoms with Gasteiger partial charge >= 0.3 is 0 Å². The number of rotatable bonds is 0.